The maximum atomic E-state index is 12.5. The van der Waals surface area contributed by atoms with Gasteiger partial charge in [-0.15, -0.1) is 11.8 Å². The molecular formula is C20H17N3O4S. The second kappa shape index (κ2) is 8.92. The summed E-state index contributed by atoms with van der Waals surface area (Å²) in [4.78, 5) is 36.2. The molecule has 0 aliphatic rings. The number of carbonyl (C=O) groups is 3. The summed E-state index contributed by atoms with van der Waals surface area (Å²) in [5, 5.41) is 5.50. The fourth-order valence-corrected chi connectivity index (χ4v) is 3.09. The molecule has 0 aliphatic carbocycles. The van der Waals surface area contributed by atoms with Crippen molar-refractivity contribution < 1.29 is 18.8 Å². The third-order valence-corrected chi connectivity index (χ3v) is 4.75. The SMILES string of the molecule is NC(=O)CSc1ccccc1NC(=O)c1ccc(NC(=O)c2ccco2)cc1. The third-order valence-electron chi connectivity index (χ3n) is 3.66. The molecule has 0 atom stereocenters. The molecule has 1 heterocycles. The van der Waals surface area contributed by atoms with Gasteiger partial charge >= 0.3 is 0 Å². The zero-order valence-electron chi connectivity index (χ0n) is 14.7. The van der Waals surface area contributed by atoms with Gasteiger partial charge in [0.15, 0.2) is 5.76 Å². The largest absolute Gasteiger partial charge is 0.459 e. The highest BCUT2D eigenvalue weighted by Gasteiger charge is 2.12. The van der Waals surface area contributed by atoms with E-state index in [1.165, 1.54) is 18.0 Å². The van der Waals surface area contributed by atoms with Gasteiger partial charge in [0.05, 0.1) is 17.7 Å². The van der Waals surface area contributed by atoms with Crippen LogP contribution in [-0.4, -0.2) is 23.5 Å². The van der Waals surface area contributed by atoms with E-state index in [4.69, 9.17) is 10.2 Å². The summed E-state index contributed by atoms with van der Waals surface area (Å²) in [6, 6.07) is 16.8. The number of amides is 3. The van der Waals surface area contributed by atoms with Gasteiger partial charge in [-0.3, -0.25) is 14.4 Å². The highest BCUT2D eigenvalue weighted by molar-refractivity contribution is 8.00. The van der Waals surface area contributed by atoms with E-state index in [1.54, 1.807) is 54.6 Å². The van der Waals surface area contributed by atoms with Crippen LogP contribution in [0.2, 0.25) is 0 Å². The second-order valence-electron chi connectivity index (χ2n) is 5.71. The summed E-state index contributed by atoms with van der Waals surface area (Å²) in [6.45, 7) is 0. The maximum absolute atomic E-state index is 12.5. The molecule has 0 spiro atoms. The fraction of sp³-hybridized carbons (Fsp3) is 0.0500. The number of furan rings is 1. The van der Waals surface area contributed by atoms with Gasteiger partial charge in [0, 0.05) is 16.1 Å². The van der Waals surface area contributed by atoms with Crippen molar-refractivity contribution in [3.63, 3.8) is 0 Å². The van der Waals surface area contributed by atoms with E-state index in [0.717, 1.165) is 4.90 Å². The highest BCUT2D eigenvalue weighted by Crippen LogP contribution is 2.27. The molecule has 0 saturated carbocycles. The Bertz CT molecular complexity index is 985. The molecule has 4 N–H and O–H groups in total. The molecule has 28 heavy (non-hydrogen) atoms. The van der Waals surface area contributed by atoms with Crippen molar-refractivity contribution in [2.24, 2.45) is 5.73 Å². The minimum Gasteiger partial charge on any atom is -0.459 e. The number of hydrogen-bond donors (Lipinski definition) is 3. The van der Waals surface area contributed by atoms with Crippen molar-refractivity contribution in [2.75, 3.05) is 16.4 Å². The molecule has 0 radical (unpaired) electrons. The summed E-state index contributed by atoms with van der Waals surface area (Å²) in [5.74, 6) is -0.791. The Hall–Kier alpha value is -3.52. The Morgan fingerprint density at radius 3 is 2.32 bits per heavy atom. The Labute approximate surface area is 165 Å². The highest BCUT2D eigenvalue weighted by atomic mass is 32.2. The number of anilines is 2. The van der Waals surface area contributed by atoms with Gasteiger partial charge < -0.3 is 20.8 Å². The van der Waals surface area contributed by atoms with E-state index in [-0.39, 0.29) is 23.3 Å². The lowest BCUT2D eigenvalue weighted by molar-refractivity contribution is -0.115. The summed E-state index contributed by atoms with van der Waals surface area (Å²) < 4.78 is 5.03. The summed E-state index contributed by atoms with van der Waals surface area (Å²) in [7, 11) is 0. The van der Waals surface area contributed by atoms with Crippen molar-refractivity contribution in [3.05, 3.63) is 78.3 Å². The van der Waals surface area contributed by atoms with Crippen LogP contribution in [0.3, 0.4) is 0 Å². The first-order valence-corrected chi connectivity index (χ1v) is 9.28. The first-order chi connectivity index (χ1) is 13.5. The monoisotopic (exact) mass is 395 g/mol. The van der Waals surface area contributed by atoms with Gasteiger partial charge in [0.2, 0.25) is 5.91 Å². The molecule has 0 bridgehead atoms. The molecule has 3 aromatic rings. The Balaban J connectivity index is 1.65. The minimum atomic E-state index is -0.432. The summed E-state index contributed by atoms with van der Waals surface area (Å²) >= 11 is 1.25. The van der Waals surface area contributed by atoms with E-state index >= 15 is 0 Å². The molecule has 0 fully saturated rings. The van der Waals surface area contributed by atoms with Crippen molar-refractivity contribution >= 4 is 40.9 Å². The number of thioether (sulfide) groups is 1. The predicted octanol–water partition coefficient (Wildman–Crippen LogP) is 3.36. The number of benzene rings is 2. The quantitative estimate of drug-likeness (QED) is 0.531. The van der Waals surface area contributed by atoms with E-state index in [1.807, 2.05) is 6.07 Å². The summed E-state index contributed by atoms with van der Waals surface area (Å²) in [6.07, 6.45) is 1.42. The molecule has 2 aromatic carbocycles. The lowest BCUT2D eigenvalue weighted by Gasteiger charge is -2.10. The van der Waals surface area contributed by atoms with Crippen LogP contribution in [0.5, 0.6) is 0 Å². The van der Waals surface area contributed by atoms with E-state index in [0.29, 0.717) is 16.9 Å². The zero-order chi connectivity index (χ0) is 19.9. The number of nitrogens with two attached hydrogens (primary N) is 1. The number of carbonyl (C=O) groups excluding carboxylic acids is 3. The zero-order valence-corrected chi connectivity index (χ0v) is 15.5. The molecule has 0 aliphatic heterocycles. The van der Waals surface area contributed by atoms with E-state index in [9.17, 15) is 14.4 Å². The molecule has 0 saturated heterocycles. The Morgan fingerprint density at radius 2 is 1.64 bits per heavy atom. The van der Waals surface area contributed by atoms with Gasteiger partial charge in [-0.05, 0) is 48.5 Å². The summed E-state index contributed by atoms with van der Waals surface area (Å²) in [5.41, 5.74) is 6.73. The van der Waals surface area contributed by atoms with Crippen molar-refractivity contribution in [1.82, 2.24) is 0 Å². The van der Waals surface area contributed by atoms with Crippen LogP contribution >= 0.6 is 11.8 Å². The molecule has 0 unspecified atom stereocenters. The van der Waals surface area contributed by atoms with Gasteiger partial charge in [0.25, 0.3) is 11.8 Å². The third kappa shape index (κ3) is 5.01. The van der Waals surface area contributed by atoms with Crippen molar-refractivity contribution in [3.8, 4) is 0 Å². The smallest absolute Gasteiger partial charge is 0.291 e. The standard InChI is InChI=1S/C20H17N3O4S/c21-18(24)12-28-17-6-2-1-4-15(17)23-19(25)13-7-9-14(10-8-13)22-20(26)16-5-3-11-27-16/h1-11H,12H2,(H2,21,24)(H,22,26)(H,23,25). The van der Waals surface area contributed by atoms with Crippen LogP contribution < -0.4 is 16.4 Å². The molecule has 3 amide bonds. The lowest BCUT2D eigenvalue weighted by Crippen LogP contribution is -2.15. The minimum absolute atomic E-state index is 0.122. The number of primary amides is 1. The van der Waals surface area contributed by atoms with Crippen molar-refractivity contribution in [1.29, 1.82) is 0 Å². The van der Waals surface area contributed by atoms with Gasteiger partial charge in [-0.2, -0.15) is 0 Å². The van der Waals surface area contributed by atoms with Gasteiger partial charge in [-0.1, -0.05) is 12.1 Å². The predicted molar refractivity (Wildman–Crippen MR) is 107 cm³/mol. The molecule has 1 aromatic heterocycles. The van der Waals surface area contributed by atoms with Crippen LogP contribution in [0.4, 0.5) is 11.4 Å². The lowest BCUT2D eigenvalue weighted by atomic mass is 10.2. The maximum Gasteiger partial charge on any atom is 0.291 e. The van der Waals surface area contributed by atoms with Gasteiger partial charge in [-0.25, -0.2) is 0 Å². The average molecular weight is 395 g/mol. The van der Waals surface area contributed by atoms with Gasteiger partial charge in [0.1, 0.15) is 0 Å². The van der Waals surface area contributed by atoms with Crippen LogP contribution in [0.25, 0.3) is 0 Å². The number of rotatable bonds is 7. The van der Waals surface area contributed by atoms with Crippen LogP contribution in [0.15, 0.2) is 76.2 Å². The van der Waals surface area contributed by atoms with E-state index in [2.05, 4.69) is 10.6 Å². The first-order valence-electron chi connectivity index (χ1n) is 8.29. The van der Waals surface area contributed by atoms with Crippen LogP contribution in [0.1, 0.15) is 20.9 Å². The fourth-order valence-electron chi connectivity index (χ4n) is 2.34. The first kappa shape index (κ1) is 19.2. The van der Waals surface area contributed by atoms with E-state index < -0.39 is 5.91 Å². The molecule has 7 nitrogen and oxygen atoms in total. The normalized spacial score (nSPS) is 10.3. The topological polar surface area (TPSA) is 114 Å². The number of nitrogens with one attached hydrogen (secondary N) is 2. The second-order valence-corrected chi connectivity index (χ2v) is 6.73. The van der Waals surface area contributed by atoms with Crippen molar-refractivity contribution in [2.45, 2.75) is 4.90 Å². The molecule has 142 valence electrons. The average Bonchev–Trinajstić information content (AvgIpc) is 3.23. The number of para-hydroxylation sites is 1. The molecule has 3 rings (SSSR count). The Morgan fingerprint density at radius 1 is 0.893 bits per heavy atom. The number of hydrogen-bond acceptors (Lipinski definition) is 5. The molecular weight excluding hydrogens is 378 g/mol. The Kier molecular flexibility index (Phi) is 6.13. The van der Waals surface area contributed by atoms with Crippen LogP contribution in [-0.2, 0) is 4.79 Å². The molecule has 8 heteroatoms. The van der Waals surface area contributed by atoms with Crippen LogP contribution in [0, 0.1) is 0 Å².